The van der Waals surface area contributed by atoms with Gasteiger partial charge in [0.05, 0.1) is 20.8 Å². The normalized spacial score (nSPS) is 17.1. The molecule has 2 aromatic carbocycles. The third-order valence-electron chi connectivity index (χ3n) is 4.64. The molecule has 0 unspecified atom stereocenters. The average molecular weight is 375 g/mol. The number of amides is 1. The van der Waals surface area contributed by atoms with E-state index in [0.29, 0.717) is 11.6 Å². The van der Waals surface area contributed by atoms with Crippen LogP contribution in [0.1, 0.15) is 24.4 Å². The van der Waals surface area contributed by atoms with Crippen LogP contribution < -0.4 is 14.8 Å². The topological polar surface area (TPSA) is 50.8 Å². The summed E-state index contributed by atoms with van der Waals surface area (Å²) >= 11 is 5.88. The molecule has 1 atom stereocenters. The Kier molecular flexibility index (Phi) is 6.01. The summed E-state index contributed by atoms with van der Waals surface area (Å²) in [4.78, 5) is 14.6. The molecule has 3 rings (SSSR count). The van der Waals surface area contributed by atoms with Crippen LogP contribution in [0.4, 0.5) is 5.69 Å². The summed E-state index contributed by atoms with van der Waals surface area (Å²) in [5.41, 5.74) is 1.84. The predicted octanol–water partition coefficient (Wildman–Crippen LogP) is 4.13. The largest absolute Gasteiger partial charge is 0.497 e. The molecule has 0 aliphatic carbocycles. The zero-order valence-corrected chi connectivity index (χ0v) is 15.8. The van der Waals surface area contributed by atoms with Crippen molar-refractivity contribution >= 4 is 23.2 Å². The highest BCUT2D eigenvalue weighted by Crippen LogP contribution is 2.38. The first kappa shape index (κ1) is 18.5. The Labute approximate surface area is 158 Å². The van der Waals surface area contributed by atoms with E-state index < -0.39 is 0 Å². The fourth-order valence-corrected chi connectivity index (χ4v) is 3.51. The van der Waals surface area contributed by atoms with Crippen LogP contribution in [0.2, 0.25) is 5.02 Å². The van der Waals surface area contributed by atoms with Gasteiger partial charge in [-0.25, -0.2) is 0 Å². The lowest BCUT2D eigenvalue weighted by Crippen LogP contribution is -2.33. The Bertz CT molecular complexity index is 764. The maximum Gasteiger partial charge on any atom is 0.238 e. The summed E-state index contributed by atoms with van der Waals surface area (Å²) < 4.78 is 10.8. The minimum Gasteiger partial charge on any atom is -0.497 e. The second kappa shape index (κ2) is 8.43. The lowest BCUT2D eigenvalue weighted by molar-refractivity contribution is -0.117. The molecule has 1 heterocycles. The van der Waals surface area contributed by atoms with Crippen LogP contribution >= 0.6 is 11.6 Å². The zero-order chi connectivity index (χ0) is 18.5. The number of carbonyl (C=O) groups is 1. The van der Waals surface area contributed by atoms with E-state index in [1.807, 2.05) is 18.2 Å². The van der Waals surface area contributed by atoms with Gasteiger partial charge in [0, 0.05) is 28.4 Å². The van der Waals surface area contributed by atoms with Crippen molar-refractivity contribution in [2.24, 2.45) is 0 Å². The molecule has 0 saturated carbocycles. The van der Waals surface area contributed by atoms with Crippen LogP contribution in [-0.4, -0.2) is 38.1 Å². The third-order valence-corrected chi connectivity index (χ3v) is 4.89. The van der Waals surface area contributed by atoms with E-state index in [-0.39, 0.29) is 11.9 Å². The van der Waals surface area contributed by atoms with E-state index in [0.717, 1.165) is 42.1 Å². The SMILES string of the molecule is COc1ccc([C@H]2CCCN2CC(=O)Nc2ccc(Cl)cc2)c(OC)c1. The lowest BCUT2D eigenvalue weighted by atomic mass is 10.0. The second-order valence-corrected chi connectivity index (χ2v) is 6.73. The molecule has 1 aliphatic rings. The summed E-state index contributed by atoms with van der Waals surface area (Å²) in [7, 11) is 3.29. The minimum absolute atomic E-state index is 0.0355. The number of methoxy groups -OCH3 is 2. The molecule has 1 aliphatic heterocycles. The van der Waals surface area contributed by atoms with Gasteiger partial charge in [0.15, 0.2) is 0 Å². The summed E-state index contributed by atoms with van der Waals surface area (Å²) in [6.45, 7) is 1.22. The molecular formula is C20H23ClN2O3. The molecule has 26 heavy (non-hydrogen) atoms. The fourth-order valence-electron chi connectivity index (χ4n) is 3.38. The van der Waals surface area contributed by atoms with Crippen LogP contribution in [0, 0.1) is 0 Å². The molecule has 1 amide bonds. The van der Waals surface area contributed by atoms with Gasteiger partial charge < -0.3 is 14.8 Å². The Morgan fingerprint density at radius 1 is 1.19 bits per heavy atom. The molecule has 0 bridgehead atoms. The van der Waals surface area contributed by atoms with Gasteiger partial charge in [-0.05, 0) is 49.7 Å². The Morgan fingerprint density at radius 2 is 1.96 bits per heavy atom. The van der Waals surface area contributed by atoms with Crippen molar-refractivity contribution in [3.8, 4) is 11.5 Å². The summed E-state index contributed by atoms with van der Waals surface area (Å²) in [5, 5.41) is 3.57. The molecule has 0 spiro atoms. The maximum absolute atomic E-state index is 12.4. The number of hydrogen-bond donors (Lipinski definition) is 1. The highest BCUT2D eigenvalue weighted by molar-refractivity contribution is 6.30. The molecule has 6 heteroatoms. The van der Waals surface area contributed by atoms with Crippen LogP contribution in [0.25, 0.3) is 0 Å². The van der Waals surface area contributed by atoms with Gasteiger partial charge in [-0.15, -0.1) is 0 Å². The van der Waals surface area contributed by atoms with Crippen LogP contribution in [0.5, 0.6) is 11.5 Å². The van der Waals surface area contributed by atoms with Gasteiger partial charge in [-0.1, -0.05) is 17.7 Å². The number of rotatable bonds is 6. The second-order valence-electron chi connectivity index (χ2n) is 6.29. The molecule has 1 saturated heterocycles. The van der Waals surface area contributed by atoms with Crippen molar-refractivity contribution in [2.45, 2.75) is 18.9 Å². The summed E-state index contributed by atoms with van der Waals surface area (Å²) in [6.07, 6.45) is 2.05. The number of nitrogens with zero attached hydrogens (tertiary/aromatic N) is 1. The fraction of sp³-hybridized carbons (Fsp3) is 0.350. The van der Waals surface area contributed by atoms with Gasteiger partial charge >= 0.3 is 0 Å². The standard InChI is InChI=1S/C20H23ClN2O3/c1-25-16-9-10-17(19(12-16)26-2)18-4-3-11-23(18)13-20(24)22-15-7-5-14(21)6-8-15/h5-10,12,18H,3-4,11,13H2,1-2H3,(H,22,24)/t18-/m1/s1. The Balaban J connectivity index is 1.70. The third kappa shape index (κ3) is 4.29. The zero-order valence-electron chi connectivity index (χ0n) is 15.0. The average Bonchev–Trinajstić information content (AvgIpc) is 3.10. The van der Waals surface area contributed by atoms with E-state index in [4.69, 9.17) is 21.1 Å². The smallest absolute Gasteiger partial charge is 0.238 e. The monoisotopic (exact) mass is 374 g/mol. The Hall–Kier alpha value is -2.24. The van der Waals surface area contributed by atoms with Gasteiger partial charge in [0.2, 0.25) is 5.91 Å². The predicted molar refractivity (Wildman–Crippen MR) is 103 cm³/mol. The van der Waals surface area contributed by atoms with Crippen molar-refractivity contribution in [1.82, 2.24) is 4.90 Å². The number of carbonyl (C=O) groups excluding carboxylic acids is 1. The van der Waals surface area contributed by atoms with Gasteiger partial charge in [-0.3, -0.25) is 9.69 Å². The number of halogens is 1. The number of nitrogens with one attached hydrogen (secondary N) is 1. The quantitative estimate of drug-likeness (QED) is 0.825. The minimum atomic E-state index is -0.0355. The number of likely N-dealkylation sites (tertiary alicyclic amines) is 1. The first-order valence-electron chi connectivity index (χ1n) is 8.62. The molecule has 1 N–H and O–H groups in total. The molecule has 0 radical (unpaired) electrons. The van der Waals surface area contributed by atoms with Crippen molar-refractivity contribution in [2.75, 3.05) is 32.6 Å². The highest BCUT2D eigenvalue weighted by Gasteiger charge is 2.29. The molecule has 5 nitrogen and oxygen atoms in total. The first-order valence-corrected chi connectivity index (χ1v) is 9.00. The lowest BCUT2D eigenvalue weighted by Gasteiger charge is -2.25. The number of hydrogen-bond acceptors (Lipinski definition) is 4. The van der Waals surface area contributed by atoms with E-state index >= 15 is 0 Å². The van der Waals surface area contributed by atoms with Crippen molar-refractivity contribution < 1.29 is 14.3 Å². The van der Waals surface area contributed by atoms with Crippen LogP contribution in [-0.2, 0) is 4.79 Å². The van der Waals surface area contributed by atoms with Crippen LogP contribution in [0.3, 0.4) is 0 Å². The molecule has 0 aromatic heterocycles. The van der Waals surface area contributed by atoms with E-state index in [2.05, 4.69) is 10.2 Å². The van der Waals surface area contributed by atoms with Gasteiger partial charge in [0.1, 0.15) is 11.5 Å². The van der Waals surface area contributed by atoms with E-state index in [9.17, 15) is 4.79 Å². The van der Waals surface area contributed by atoms with E-state index in [1.165, 1.54) is 0 Å². The molecule has 2 aromatic rings. The summed E-state index contributed by atoms with van der Waals surface area (Å²) in [5.74, 6) is 1.52. The molecule has 1 fully saturated rings. The first-order chi connectivity index (χ1) is 12.6. The van der Waals surface area contributed by atoms with Crippen molar-refractivity contribution in [3.63, 3.8) is 0 Å². The van der Waals surface area contributed by atoms with Gasteiger partial charge in [0.25, 0.3) is 0 Å². The molecular weight excluding hydrogens is 352 g/mol. The van der Waals surface area contributed by atoms with E-state index in [1.54, 1.807) is 38.5 Å². The number of benzene rings is 2. The van der Waals surface area contributed by atoms with Crippen LogP contribution in [0.15, 0.2) is 42.5 Å². The van der Waals surface area contributed by atoms with Crippen molar-refractivity contribution in [1.29, 1.82) is 0 Å². The maximum atomic E-state index is 12.4. The highest BCUT2D eigenvalue weighted by atomic mass is 35.5. The summed E-state index contributed by atoms with van der Waals surface area (Å²) in [6, 6.07) is 13.1. The number of anilines is 1. The Morgan fingerprint density at radius 3 is 2.65 bits per heavy atom. The van der Waals surface area contributed by atoms with Gasteiger partial charge in [-0.2, -0.15) is 0 Å². The molecule has 138 valence electrons. The van der Waals surface area contributed by atoms with Crippen molar-refractivity contribution in [3.05, 3.63) is 53.1 Å². The number of ether oxygens (including phenoxy) is 2.